The molecule has 0 aliphatic carbocycles. The third-order valence-electron chi connectivity index (χ3n) is 4.00. The summed E-state index contributed by atoms with van der Waals surface area (Å²) in [4.78, 5) is 23.4. The Bertz CT molecular complexity index is 660. The molecule has 0 spiro atoms. The Morgan fingerprint density at radius 1 is 1.36 bits per heavy atom. The van der Waals surface area contributed by atoms with Crippen LogP contribution < -0.4 is 16.0 Å². The molecule has 0 bridgehead atoms. The van der Waals surface area contributed by atoms with E-state index in [0.717, 1.165) is 36.2 Å². The number of amides is 1. The van der Waals surface area contributed by atoms with E-state index in [4.69, 9.17) is 5.73 Å². The predicted octanol–water partition coefficient (Wildman–Crippen LogP) is 0.921. The predicted molar refractivity (Wildman–Crippen MR) is 86.5 cm³/mol. The van der Waals surface area contributed by atoms with Crippen molar-refractivity contribution in [2.75, 3.05) is 31.1 Å². The zero-order valence-electron chi connectivity index (χ0n) is 12.5. The highest BCUT2D eigenvalue weighted by atomic mass is 16.1. The molecule has 1 atom stereocenters. The van der Waals surface area contributed by atoms with Crippen LogP contribution in [0.25, 0.3) is 11.0 Å². The van der Waals surface area contributed by atoms with E-state index in [9.17, 15) is 4.79 Å². The van der Waals surface area contributed by atoms with Crippen LogP contribution in [0.15, 0.2) is 30.5 Å². The number of hydrogen-bond acceptors (Lipinski definition) is 5. The van der Waals surface area contributed by atoms with E-state index >= 15 is 0 Å². The number of nitrogens with two attached hydrogens (primary N) is 1. The lowest BCUT2D eigenvalue weighted by Crippen LogP contribution is -2.44. The lowest BCUT2D eigenvalue weighted by atomic mass is 9.97. The Kier molecular flexibility index (Phi) is 4.48. The fraction of sp³-hybridized carbons (Fsp3) is 0.438. The second-order valence-corrected chi connectivity index (χ2v) is 5.58. The first-order valence-electron chi connectivity index (χ1n) is 7.72. The number of fused-ring (bicyclic) bond motifs is 1. The summed E-state index contributed by atoms with van der Waals surface area (Å²) in [6.07, 6.45) is 3.69. The minimum atomic E-state index is -0.00595. The fourth-order valence-electron chi connectivity index (χ4n) is 2.84. The second-order valence-electron chi connectivity index (χ2n) is 5.58. The van der Waals surface area contributed by atoms with Gasteiger partial charge in [0.2, 0.25) is 5.91 Å². The first-order valence-corrected chi connectivity index (χ1v) is 7.72. The highest BCUT2D eigenvalue weighted by Crippen LogP contribution is 2.22. The van der Waals surface area contributed by atoms with Crippen molar-refractivity contribution < 1.29 is 4.79 Å². The number of rotatable bonds is 4. The molecule has 0 saturated carbocycles. The Labute approximate surface area is 129 Å². The molecule has 1 aromatic heterocycles. The van der Waals surface area contributed by atoms with Gasteiger partial charge in [-0.2, -0.15) is 0 Å². The van der Waals surface area contributed by atoms with E-state index in [-0.39, 0.29) is 11.8 Å². The van der Waals surface area contributed by atoms with Crippen LogP contribution >= 0.6 is 0 Å². The van der Waals surface area contributed by atoms with Crippen LogP contribution in [0, 0.1) is 5.92 Å². The van der Waals surface area contributed by atoms with Gasteiger partial charge in [-0.25, -0.2) is 4.98 Å². The normalized spacial score (nSPS) is 18.4. The molecule has 6 nitrogen and oxygen atoms in total. The largest absolute Gasteiger partial charge is 0.355 e. The van der Waals surface area contributed by atoms with Crippen molar-refractivity contribution in [1.29, 1.82) is 0 Å². The smallest absolute Gasteiger partial charge is 0.224 e. The highest BCUT2D eigenvalue weighted by molar-refractivity contribution is 5.80. The number of para-hydroxylation sites is 2. The molecule has 2 aromatic rings. The molecule has 1 fully saturated rings. The Morgan fingerprint density at radius 3 is 3.00 bits per heavy atom. The van der Waals surface area contributed by atoms with Crippen molar-refractivity contribution in [3.63, 3.8) is 0 Å². The molecule has 116 valence electrons. The minimum absolute atomic E-state index is 0.00595. The summed E-state index contributed by atoms with van der Waals surface area (Å²) in [5.74, 6) is 0.924. The van der Waals surface area contributed by atoms with Gasteiger partial charge in [-0.1, -0.05) is 12.1 Å². The molecular weight excluding hydrogens is 278 g/mol. The summed E-state index contributed by atoms with van der Waals surface area (Å²) in [6.45, 7) is 2.60. The van der Waals surface area contributed by atoms with Crippen LogP contribution in [0.2, 0.25) is 0 Å². The van der Waals surface area contributed by atoms with Crippen molar-refractivity contribution in [1.82, 2.24) is 15.3 Å². The number of anilines is 1. The molecule has 1 unspecified atom stereocenters. The van der Waals surface area contributed by atoms with Crippen LogP contribution in [-0.2, 0) is 4.79 Å². The number of nitrogens with one attached hydrogen (secondary N) is 1. The van der Waals surface area contributed by atoms with Crippen LogP contribution in [0.4, 0.5) is 5.82 Å². The first-order chi connectivity index (χ1) is 10.8. The molecular formula is C16H21N5O. The van der Waals surface area contributed by atoms with E-state index in [2.05, 4.69) is 20.2 Å². The molecule has 1 amide bonds. The summed E-state index contributed by atoms with van der Waals surface area (Å²) < 4.78 is 0. The quantitative estimate of drug-likeness (QED) is 0.877. The van der Waals surface area contributed by atoms with Gasteiger partial charge in [-0.15, -0.1) is 0 Å². The van der Waals surface area contributed by atoms with E-state index in [1.807, 2.05) is 24.3 Å². The van der Waals surface area contributed by atoms with Gasteiger partial charge in [-0.3, -0.25) is 9.78 Å². The summed E-state index contributed by atoms with van der Waals surface area (Å²) >= 11 is 0. The van der Waals surface area contributed by atoms with Gasteiger partial charge in [0.1, 0.15) is 5.82 Å². The van der Waals surface area contributed by atoms with Gasteiger partial charge in [-0.05, 0) is 25.0 Å². The molecule has 2 heterocycles. The number of benzene rings is 1. The molecule has 1 aliphatic heterocycles. The maximum atomic E-state index is 12.1. The monoisotopic (exact) mass is 299 g/mol. The molecule has 1 aromatic carbocycles. The number of nitrogens with zero attached hydrogens (tertiary/aromatic N) is 3. The van der Waals surface area contributed by atoms with Crippen molar-refractivity contribution >= 4 is 22.8 Å². The minimum Gasteiger partial charge on any atom is -0.355 e. The average molecular weight is 299 g/mol. The van der Waals surface area contributed by atoms with Gasteiger partial charge < -0.3 is 16.0 Å². The Hall–Kier alpha value is -2.21. The van der Waals surface area contributed by atoms with Crippen molar-refractivity contribution in [2.24, 2.45) is 11.7 Å². The van der Waals surface area contributed by atoms with Crippen molar-refractivity contribution in [3.8, 4) is 0 Å². The summed E-state index contributed by atoms with van der Waals surface area (Å²) in [5, 5.41) is 2.88. The molecule has 3 rings (SSSR count). The van der Waals surface area contributed by atoms with Crippen LogP contribution in [-0.4, -0.2) is 42.1 Å². The molecule has 3 N–H and O–H groups in total. The lowest BCUT2D eigenvalue weighted by Gasteiger charge is -2.32. The number of carbonyl (C=O) groups excluding carboxylic acids is 1. The van der Waals surface area contributed by atoms with E-state index in [0.29, 0.717) is 19.6 Å². The van der Waals surface area contributed by atoms with Gasteiger partial charge in [0, 0.05) is 26.2 Å². The van der Waals surface area contributed by atoms with Crippen LogP contribution in [0.5, 0.6) is 0 Å². The van der Waals surface area contributed by atoms with Gasteiger partial charge in [0.25, 0.3) is 0 Å². The third kappa shape index (κ3) is 3.17. The Balaban J connectivity index is 1.74. The van der Waals surface area contributed by atoms with Crippen molar-refractivity contribution in [3.05, 3.63) is 30.5 Å². The van der Waals surface area contributed by atoms with Crippen molar-refractivity contribution in [2.45, 2.75) is 12.8 Å². The van der Waals surface area contributed by atoms with Crippen LogP contribution in [0.3, 0.4) is 0 Å². The van der Waals surface area contributed by atoms with Gasteiger partial charge >= 0.3 is 0 Å². The molecule has 0 radical (unpaired) electrons. The van der Waals surface area contributed by atoms with E-state index < -0.39 is 0 Å². The standard InChI is InChI=1S/C16H21N5O/c17-7-8-18-16(22)12-4-3-9-21(11-12)15-10-19-13-5-1-2-6-14(13)20-15/h1-2,5-6,10,12H,3-4,7-9,11,17H2,(H,18,22). The lowest BCUT2D eigenvalue weighted by molar-refractivity contribution is -0.125. The number of aromatic nitrogens is 2. The molecule has 1 saturated heterocycles. The summed E-state index contributed by atoms with van der Waals surface area (Å²) in [6, 6.07) is 7.82. The first kappa shape index (κ1) is 14.7. The maximum absolute atomic E-state index is 12.1. The van der Waals surface area contributed by atoms with E-state index in [1.165, 1.54) is 0 Å². The van der Waals surface area contributed by atoms with Gasteiger partial charge in [0.05, 0.1) is 23.1 Å². The number of hydrogen-bond donors (Lipinski definition) is 2. The zero-order valence-corrected chi connectivity index (χ0v) is 12.5. The zero-order chi connectivity index (χ0) is 15.4. The fourth-order valence-corrected chi connectivity index (χ4v) is 2.84. The van der Waals surface area contributed by atoms with E-state index in [1.54, 1.807) is 6.20 Å². The van der Waals surface area contributed by atoms with Gasteiger partial charge in [0.15, 0.2) is 0 Å². The molecule has 1 aliphatic rings. The highest BCUT2D eigenvalue weighted by Gasteiger charge is 2.26. The molecule has 22 heavy (non-hydrogen) atoms. The van der Waals surface area contributed by atoms with Crippen LogP contribution in [0.1, 0.15) is 12.8 Å². The topological polar surface area (TPSA) is 84.1 Å². The molecule has 6 heteroatoms. The average Bonchev–Trinajstić information content (AvgIpc) is 2.59. The second kappa shape index (κ2) is 6.70. The number of piperidine rings is 1. The Morgan fingerprint density at radius 2 is 2.18 bits per heavy atom. The summed E-state index contributed by atoms with van der Waals surface area (Å²) in [7, 11) is 0. The third-order valence-corrected chi connectivity index (χ3v) is 4.00. The summed E-state index contributed by atoms with van der Waals surface area (Å²) in [5.41, 5.74) is 7.21. The maximum Gasteiger partial charge on any atom is 0.224 e. The number of carbonyl (C=O) groups is 1. The SMILES string of the molecule is NCCNC(=O)C1CCCN(c2cnc3ccccc3n2)C1.